The smallest absolute Gasteiger partial charge is 0.272 e. The van der Waals surface area contributed by atoms with Gasteiger partial charge in [0.05, 0.1) is 25.2 Å². The molecule has 3 atom stereocenters. The molecule has 7 heteroatoms. The SMILES string of the molecule is CC(C)c1ccccc1[C@H](O)n1cncc1C(=O)N1CC[C@H]2NCCO[C@@H]2C1. The molecule has 0 unspecified atom stereocenters. The van der Waals surface area contributed by atoms with E-state index in [1.54, 1.807) is 4.57 Å². The van der Waals surface area contributed by atoms with Crippen LogP contribution in [-0.2, 0) is 4.74 Å². The summed E-state index contributed by atoms with van der Waals surface area (Å²) in [6, 6.07) is 8.10. The number of hydrogen-bond donors (Lipinski definition) is 2. The number of ether oxygens (including phenoxy) is 1. The van der Waals surface area contributed by atoms with Gasteiger partial charge in [-0.05, 0) is 17.9 Å². The van der Waals surface area contributed by atoms with Crippen LogP contribution in [0.3, 0.4) is 0 Å². The van der Waals surface area contributed by atoms with Crippen LogP contribution in [0.5, 0.6) is 0 Å². The largest absolute Gasteiger partial charge is 0.373 e. The number of fused-ring (bicyclic) bond motifs is 1. The molecule has 1 amide bonds. The van der Waals surface area contributed by atoms with Crippen molar-refractivity contribution in [2.45, 2.75) is 44.6 Å². The highest BCUT2D eigenvalue weighted by atomic mass is 16.5. The Labute approximate surface area is 165 Å². The van der Waals surface area contributed by atoms with Crippen LogP contribution in [-0.4, -0.2) is 63.9 Å². The van der Waals surface area contributed by atoms with Crippen LogP contribution in [0.4, 0.5) is 0 Å². The number of nitrogens with one attached hydrogen (secondary N) is 1. The quantitative estimate of drug-likeness (QED) is 0.840. The summed E-state index contributed by atoms with van der Waals surface area (Å²) in [7, 11) is 0. The van der Waals surface area contributed by atoms with Crippen molar-refractivity contribution in [2.24, 2.45) is 0 Å². The standard InChI is InChI=1S/C21H28N4O3/c1-14(2)15-5-3-4-6-16(15)20(26)25-13-22-11-18(25)21(27)24-9-7-17-19(12-24)28-10-8-23-17/h3-6,11,13-14,17,19-20,23,26H,7-10,12H2,1-2H3/t17-,19-,20+/m1/s1. The Balaban J connectivity index is 1.56. The normalized spacial score (nSPS) is 23.5. The second kappa shape index (κ2) is 8.03. The van der Waals surface area contributed by atoms with Gasteiger partial charge in [-0.3, -0.25) is 9.36 Å². The summed E-state index contributed by atoms with van der Waals surface area (Å²) >= 11 is 0. The van der Waals surface area contributed by atoms with Crippen LogP contribution < -0.4 is 5.32 Å². The highest BCUT2D eigenvalue weighted by Crippen LogP contribution is 2.27. The number of imidazole rings is 1. The number of carbonyl (C=O) groups excluding carboxylic acids is 1. The predicted molar refractivity (Wildman–Crippen MR) is 105 cm³/mol. The number of piperidine rings is 1. The Bertz CT molecular complexity index is 835. The molecule has 2 fully saturated rings. The first-order valence-corrected chi connectivity index (χ1v) is 9.99. The molecule has 0 bridgehead atoms. The van der Waals surface area contributed by atoms with Crippen LogP contribution in [0.1, 0.15) is 54.0 Å². The Morgan fingerprint density at radius 3 is 2.89 bits per heavy atom. The van der Waals surface area contributed by atoms with Crippen molar-refractivity contribution in [3.8, 4) is 0 Å². The van der Waals surface area contributed by atoms with Gasteiger partial charge in [0.25, 0.3) is 5.91 Å². The van der Waals surface area contributed by atoms with E-state index in [9.17, 15) is 9.90 Å². The summed E-state index contributed by atoms with van der Waals surface area (Å²) in [5, 5.41) is 14.5. The maximum absolute atomic E-state index is 13.2. The summed E-state index contributed by atoms with van der Waals surface area (Å²) in [5.41, 5.74) is 2.25. The van der Waals surface area contributed by atoms with Crippen LogP contribution >= 0.6 is 0 Å². The van der Waals surface area contributed by atoms with E-state index < -0.39 is 6.23 Å². The summed E-state index contributed by atoms with van der Waals surface area (Å²) in [5.74, 6) is 0.148. The van der Waals surface area contributed by atoms with Crippen molar-refractivity contribution >= 4 is 5.91 Å². The van der Waals surface area contributed by atoms with Gasteiger partial charge >= 0.3 is 0 Å². The molecule has 1 aromatic carbocycles. The molecule has 2 aliphatic rings. The first-order chi connectivity index (χ1) is 13.6. The van der Waals surface area contributed by atoms with E-state index >= 15 is 0 Å². The molecule has 1 aromatic heterocycles. The molecule has 0 radical (unpaired) electrons. The zero-order chi connectivity index (χ0) is 19.7. The van der Waals surface area contributed by atoms with Crippen LogP contribution in [0.25, 0.3) is 0 Å². The minimum Gasteiger partial charge on any atom is -0.373 e. The van der Waals surface area contributed by atoms with Crippen molar-refractivity contribution < 1.29 is 14.6 Å². The fourth-order valence-electron chi connectivity index (χ4n) is 4.21. The number of morpholine rings is 1. The van der Waals surface area contributed by atoms with E-state index in [1.165, 1.54) is 12.5 Å². The minimum absolute atomic E-state index is 0.0226. The van der Waals surface area contributed by atoms with Gasteiger partial charge in [-0.2, -0.15) is 0 Å². The molecule has 2 N–H and O–H groups in total. The van der Waals surface area contributed by atoms with E-state index in [-0.39, 0.29) is 17.9 Å². The van der Waals surface area contributed by atoms with Crippen LogP contribution in [0.15, 0.2) is 36.8 Å². The molecule has 150 valence electrons. The molecular weight excluding hydrogens is 356 g/mol. The number of likely N-dealkylation sites (tertiary alicyclic amines) is 1. The van der Waals surface area contributed by atoms with E-state index in [4.69, 9.17) is 4.74 Å². The first-order valence-electron chi connectivity index (χ1n) is 9.99. The molecule has 3 heterocycles. The lowest BCUT2D eigenvalue weighted by atomic mass is 9.96. The topological polar surface area (TPSA) is 79.6 Å². The first kappa shape index (κ1) is 19.1. The lowest BCUT2D eigenvalue weighted by molar-refractivity contribution is -0.0418. The molecule has 0 aliphatic carbocycles. The third-order valence-electron chi connectivity index (χ3n) is 5.73. The van der Waals surface area contributed by atoms with Gasteiger partial charge in [0.1, 0.15) is 5.69 Å². The molecule has 4 rings (SSSR count). The highest BCUT2D eigenvalue weighted by molar-refractivity contribution is 5.92. The van der Waals surface area contributed by atoms with Gasteiger partial charge in [-0.15, -0.1) is 0 Å². The fraction of sp³-hybridized carbons (Fsp3) is 0.524. The molecule has 2 aliphatic heterocycles. The Morgan fingerprint density at radius 1 is 1.32 bits per heavy atom. The van der Waals surface area contributed by atoms with Gasteiger partial charge < -0.3 is 20.1 Å². The van der Waals surface area contributed by atoms with Crippen molar-refractivity contribution in [1.82, 2.24) is 19.8 Å². The number of rotatable bonds is 4. The summed E-state index contributed by atoms with van der Waals surface area (Å²) < 4.78 is 7.41. The summed E-state index contributed by atoms with van der Waals surface area (Å²) in [4.78, 5) is 19.1. The molecular formula is C21H28N4O3. The number of amides is 1. The minimum atomic E-state index is -0.954. The number of aliphatic hydroxyl groups excluding tert-OH is 1. The zero-order valence-electron chi connectivity index (χ0n) is 16.4. The number of aromatic nitrogens is 2. The van der Waals surface area contributed by atoms with Crippen LogP contribution in [0, 0.1) is 0 Å². The van der Waals surface area contributed by atoms with E-state index in [0.29, 0.717) is 31.4 Å². The van der Waals surface area contributed by atoms with Gasteiger partial charge in [0.2, 0.25) is 0 Å². The maximum Gasteiger partial charge on any atom is 0.272 e. The summed E-state index contributed by atoms with van der Waals surface area (Å²) in [6.45, 7) is 6.94. The number of nitrogens with zero attached hydrogens (tertiary/aromatic N) is 3. The van der Waals surface area contributed by atoms with Crippen molar-refractivity contribution in [2.75, 3.05) is 26.2 Å². The van der Waals surface area contributed by atoms with Gasteiger partial charge in [0, 0.05) is 31.2 Å². The van der Waals surface area contributed by atoms with Gasteiger partial charge in [0.15, 0.2) is 6.23 Å². The molecule has 2 aromatic rings. The fourth-order valence-corrected chi connectivity index (χ4v) is 4.21. The average Bonchev–Trinajstić information content (AvgIpc) is 3.22. The van der Waals surface area contributed by atoms with Crippen LogP contribution in [0.2, 0.25) is 0 Å². The number of carbonyl (C=O) groups is 1. The molecule has 7 nitrogen and oxygen atoms in total. The molecule has 0 spiro atoms. The summed E-state index contributed by atoms with van der Waals surface area (Å²) in [6.07, 6.45) is 3.00. The predicted octanol–water partition coefficient (Wildman–Crippen LogP) is 1.75. The Kier molecular flexibility index (Phi) is 5.48. The lowest BCUT2D eigenvalue weighted by Crippen LogP contribution is -2.58. The van der Waals surface area contributed by atoms with Crippen molar-refractivity contribution in [3.05, 3.63) is 53.6 Å². The van der Waals surface area contributed by atoms with Crippen molar-refractivity contribution in [1.29, 1.82) is 0 Å². The highest BCUT2D eigenvalue weighted by Gasteiger charge is 2.35. The number of benzene rings is 1. The maximum atomic E-state index is 13.2. The Morgan fingerprint density at radius 2 is 2.11 bits per heavy atom. The van der Waals surface area contributed by atoms with Crippen molar-refractivity contribution in [3.63, 3.8) is 0 Å². The Hall–Kier alpha value is -2.22. The molecule has 2 saturated heterocycles. The molecule has 28 heavy (non-hydrogen) atoms. The zero-order valence-corrected chi connectivity index (χ0v) is 16.4. The molecule has 0 saturated carbocycles. The van der Waals surface area contributed by atoms with E-state index in [0.717, 1.165) is 24.1 Å². The van der Waals surface area contributed by atoms with Gasteiger partial charge in [-0.25, -0.2) is 4.98 Å². The average molecular weight is 384 g/mol. The monoisotopic (exact) mass is 384 g/mol. The lowest BCUT2D eigenvalue weighted by Gasteiger charge is -2.41. The number of hydrogen-bond acceptors (Lipinski definition) is 5. The second-order valence-electron chi connectivity index (χ2n) is 7.85. The third kappa shape index (κ3) is 3.57. The second-order valence-corrected chi connectivity index (χ2v) is 7.85. The van der Waals surface area contributed by atoms with Gasteiger partial charge in [-0.1, -0.05) is 38.1 Å². The third-order valence-corrected chi connectivity index (χ3v) is 5.73. The van der Waals surface area contributed by atoms with E-state index in [2.05, 4.69) is 24.1 Å². The number of aliphatic hydroxyl groups is 1. The van der Waals surface area contributed by atoms with E-state index in [1.807, 2.05) is 29.2 Å².